The van der Waals surface area contributed by atoms with Gasteiger partial charge in [0.2, 0.25) is 0 Å². The highest BCUT2D eigenvalue weighted by molar-refractivity contribution is 6.13. The number of H-pyrrole nitrogens is 2. The molecule has 0 unspecified atom stereocenters. The van der Waals surface area contributed by atoms with Gasteiger partial charge >= 0.3 is 24.7 Å². The van der Waals surface area contributed by atoms with Gasteiger partial charge in [-0.15, -0.1) is 0 Å². The average Bonchev–Trinajstić information content (AvgIpc) is 3.90. The lowest BCUT2D eigenvalue weighted by molar-refractivity contribution is -0.138. The van der Waals surface area contributed by atoms with Gasteiger partial charge in [-0.25, -0.2) is 0 Å². The molecule has 0 saturated heterocycles. The lowest BCUT2D eigenvalue weighted by atomic mass is 9.97. The Balaban J connectivity index is 0.822. The van der Waals surface area contributed by atoms with E-state index in [0.717, 1.165) is 81.9 Å². The normalized spacial score (nSPS) is 13.0. The Labute approximate surface area is 389 Å². The van der Waals surface area contributed by atoms with E-state index in [1.807, 2.05) is 72.8 Å². The fourth-order valence-electron chi connectivity index (χ4n) is 8.64. The number of halogens is 12. The van der Waals surface area contributed by atoms with Crippen LogP contribution in [0.5, 0.6) is 0 Å². The number of hydrogen-bond donors (Lipinski definition) is 2. The maximum atomic E-state index is 14.0. The molecule has 0 fully saturated rings. The second-order valence-corrected chi connectivity index (χ2v) is 16.8. The summed E-state index contributed by atoms with van der Waals surface area (Å²) >= 11 is 0. The number of hydrogen-bond acceptors (Lipinski definition) is 0. The monoisotopic (exact) mass is 960 g/mol. The van der Waals surface area contributed by atoms with Crippen LogP contribution in [0, 0.1) is 0 Å². The van der Waals surface area contributed by atoms with Gasteiger partial charge in [0.05, 0.1) is 33.3 Å². The largest absolute Gasteiger partial charge is 0.416 e. The Morgan fingerprint density at radius 3 is 0.829 bits per heavy atom. The molecule has 0 aliphatic rings. The quantitative estimate of drug-likeness (QED) is 0.118. The topological polar surface area (TPSA) is 31.6 Å². The summed E-state index contributed by atoms with van der Waals surface area (Å²) in [7, 11) is 0. The number of aromatic nitrogens is 2. The van der Waals surface area contributed by atoms with Crippen LogP contribution in [0.4, 0.5) is 52.7 Å². The van der Waals surface area contributed by atoms with Gasteiger partial charge < -0.3 is 9.97 Å². The summed E-state index contributed by atoms with van der Waals surface area (Å²) in [5.41, 5.74) is 3.73. The predicted molar refractivity (Wildman–Crippen MR) is 252 cm³/mol. The smallest absolute Gasteiger partial charge is 0.354 e. The molecule has 2 N–H and O–H groups in total. The van der Waals surface area contributed by atoms with Crippen LogP contribution in [0.25, 0.3) is 101 Å². The van der Waals surface area contributed by atoms with E-state index in [0.29, 0.717) is 11.1 Å². The van der Waals surface area contributed by atoms with E-state index < -0.39 is 47.0 Å². The molecular formula is C56H32F12N2. The number of aromatic amines is 2. The van der Waals surface area contributed by atoms with Crippen molar-refractivity contribution in [1.82, 2.24) is 9.97 Å². The summed E-state index contributed by atoms with van der Waals surface area (Å²) in [6.07, 6.45) is -11.3. The molecule has 0 spiro atoms. The third-order valence-corrected chi connectivity index (χ3v) is 12.3. The molecule has 0 aliphatic carbocycles. The molecule has 2 aromatic heterocycles. The molecule has 0 saturated carbocycles. The van der Waals surface area contributed by atoms with Gasteiger partial charge in [0, 0.05) is 43.7 Å². The molecular weight excluding hydrogens is 929 g/mol. The summed E-state index contributed by atoms with van der Waals surface area (Å²) < 4.78 is 165. The van der Waals surface area contributed by atoms with Crippen molar-refractivity contribution in [2.75, 3.05) is 0 Å². The maximum absolute atomic E-state index is 14.0. The zero-order valence-electron chi connectivity index (χ0n) is 35.9. The van der Waals surface area contributed by atoms with E-state index in [2.05, 4.69) is 9.97 Å². The van der Waals surface area contributed by atoms with Crippen molar-refractivity contribution in [3.8, 4) is 33.4 Å². The third kappa shape index (κ3) is 9.04. The van der Waals surface area contributed by atoms with E-state index in [-0.39, 0.29) is 54.7 Å². The lowest BCUT2D eigenvalue weighted by Gasteiger charge is -2.11. The minimum Gasteiger partial charge on any atom is -0.354 e. The summed E-state index contributed by atoms with van der Waals surface area (Å²) in [4.78, 5) is 6.04. The Kier molecular flexibility index (Phi) is 11.0. The molecule has 2 heterocycles. The standard InChI is InChI=1S/C56H32F12N2/c57-53(58,59)39-21-23-49-45(25-39)47-29-41(55(63,64)65)27-43(51(47)69-49)37-17-9-33(10-18-37)3-1-31-5-13-35(14-6-31)36-15-7-32(8-16-36)2-4-34-11-19-38(20-12-34)44-28-42(56(66,67)68)30-48-46-26-40(54(60,61)62)22-24-50(46)70-52(44)48/h1-30,69-70H. The van der Waals surface area contributed by atoms with Gasteiger partial charge in [-0.3, -0.25) is 0 Å². The highest BCUT2D eigenvalue weighted by atomic mass is 19.4. The van der Waals surface area contributed by atoms with E-state index in [1.165, 1.54) is 12.1 Å². The van der Waals surface area contributed by atoms with Crippen molar-refractivity contribution in [3.63, 3.8) is 0 Å². The Morgan fingerprint density at radius 1 is 0.271 bits per heavy atom. The molecule has 0 atom stereocenters. The highest BCUT2D eigenvalue weighted by Gasteiger charge is 2.35. The zero-order chi connectivity index (χ0) is 49.3. The highest BCUT2D eigenvalue weighted by Crippen LogP contribution is 2.44. The maximum Gasteiger partial charge on any atom is 0.416 e. The summed E-state index contributed by atoms with van der Waals surface area (Å²) in [6, 6.07) is 38.8. The first-order chi connectivity index (χ1) is 33.2. The van der Waals surface area contributed by atoms with Crippen LogP contribution in [0.2, 0.25) is 0 Å². The molecule has 0 amide bonds. The second-order valence-electron chi connectivity index (χ2n) is 16.8. The lowest BCUT2D eigenvalue weighted by Crippen LogP contribution is -2.05. The van der Waals surface area contributed by atoms with Gasteiger partial charge in [0.1, 0.15) is 0 Å². The number of alkyl halides is 12. The van der Waals surface area contributed by atoms with Crippen molar-refractivity contribution >= 4 is 67.9 Å². The molecule has 10 aromatic rings. The summed E-state index contributed by atoms with van der Waals surface area (Å²) in [5.74, 6) is 0. The van der Waals surface area contributed by atoms with Crippen molar-refractivity contribution in [2.45, 2.75) is 24.7 Å². The number of nitrogens with one attached hydrogen (secondary N) is 2. The molecule has 350 valence electrons. The molecule has 2 nitrogen and oxygen atoms in total. The van der Waals surface area contributed by atoms with Crippen LogP contribution in [-0.2, 0) is 24.7 Å². The van der Waals surface area contributed by atoms with E-state index in [9.17, 15) is 52.7 Å². The molecule has 0 bridgehead atoms. The number of rotatable bonds is 7. The van der Waals surface area contributed by atoms with Crippen molar-refractivity contribution < 1.29 is 52.7 Å². The Hall–Kier alpha value is -8.00. The first-order valence-corrected chi connectivity index (χ1v) is 21.4. The minimum absolute atomic E-state index is 0.0321. The van der Waals surface area contributed by atoms with Crippen molar-refractivity contribution in [3.05, 3.63) is 202 Å². The second kappa shape index (κ2) is 16.9. The Morgan fingerprint density at radius 2 is 0.543 bits per heavy atom. The molecule has 14 heteroatoms. The minimum atomic E-state index is -4.74. The van der Waals surface area contributed by atoms with Gasteiger partial charge in [-0.2, -0.15) is 52.7 Å². The summed E-state index contributed by atoms with van der Waals surface area (Å²) in [5, 5.41) is 0.137. The molecule has 8 aromatic carbocycles. The van der Waals surface area contributed by atoms with Crippen LogP contribution in [-0.4, -0.2) is 9.97 Å². The van der Waals surface area contributed by atoms with E-state index >= 15 is 0 Å². The molecule has 0 aliphatic heterocycles. The Bertz CT molecular complexity index is 3410. The fraction of sp³-hybridized carbons (Fsp3) is 0.0714. The number of benzene rings is 8. The third-order valence-electron chi connectivity index (χ3n) is 12.3. The first kappa shape index (κ1) is 45.8. The van der Waals surface area contributed by atoms with Crippen LogP contribution in [0.15, 0.2) is 158 Å². The van der Waals surface area contributed by atoms with E-state index in [1.54, 1.807) is 48.5 Å². The average molecular weight is 961 g/mol. The van der Waals surface area contributed by atoms with Crippen molar-refractivity contribution in [1.29, 1.82) is 0 Å². The van der Waals surface area contributed by atoms with Crippen LogP contribution < -0.4 is 0 Å². The van der Waals surface area contributed by atoms with Crippen molar-refractivity contribution in [2.24, 2.45) is 0 Å². The first-order valence-electron chi connectivity index (χ1n) is 21.4. The van der Waals surface area contributed by atoms with E-state index in [4.69, 9.17) is 0 Å². The van der Waals surface area contributed by atoms with Gasteiger partial charge in [-0.05, 0) is 105 Å². The fourth-order valence-corrected chi connectivity index (χ4v) is 8.64. The SMILES string of the molecule is FC(F)(F)c1ccc2[nH]c3c(-c4ccc(C=Cc5ccc(-c6ccc(C=Cc7ccc(-c8cc(C(F)(F)F)cc9c8[nH]c8ccc(C(F)(F)F)cc89)cc7)cc6)cc5)cc4)cc(C(F)(F)F)cc3c2c1. The molecule has 70 heavy (non-hydrogen) atoms. The van der Waals surface area contributed by atoms with Gasteiger partial charge in [0.15, 0.2) is 0 Å². The number of fused-ring (bicyclic) bond motifs is 6. The predicted octanol–water partition coefficient (Wildman–Crippen LogP) is 18.4. The van der Waals surface area contributed by atoms with Crippen LogP contribution >= 0.6 is 0 Å². The van der Waals surface area contributed by atoms with Crippen LogP contribution in [0.3, 0.4) is 0 Å². The molecule has 10 rings (SSSR count). The van der Waals surface area contributed by atoms with Gasteiger partial charge in [0.25, 0.3) is 0 Å². The van der Waals surface area contributed by atoms with Crippen LogP contribution in [0.1, 0.15) is 44.5 Å². The summed E-state index contributed by atoms with van der Waals surface area (Å²) in [6.45, 7) is 0. The zero-order valence-corrected chi connectivity index (χ0v) is 35.9. The molecule has 0 radical (unpaired) electrons. The van der Waals surface area contributed by atoms with Gasteiger partial charge in [-0.1, -0.05) is 121 Å².